The van der Waals surface area contributed by atoms with Crippen LogP contribution in [0.15, 0.2) is 34.9 Å². The third-order valence-corrected chi connectivity index (χ3v) is 3.86. The summed E-state index contributed by atoms with van der Waals surface area (Å²) in [5.74, 6) is 0.526. The summed E-state index contributed by atoms with van der Waals surface area (Å²) in [6, 6.07) is 6.91. The summed E-state index contributed by atoms with van der Waals surface area (Å²) in [7, 11) is 0. The van der Waals surface area contributed by atoms with Crippen molar-refractivity contribution in [2.75, 3.05) is 0 Å². The Morgan fingerprint density at radius 2 is 1.89 bits per heavy atom. The summed E-state index contributed by atoms with van der Waals surface area (Å²) in [4.78, 5) is 3.89. The minimum absolute atomic E-state index is 0.347. The first-order chi connectivity index (χ1) is 8.56. The van der Waals surface area contributed by atoms with Crippen LogP contribution in [0.2, 0.25) is 15.2 Å². The van der Waals surface area contributed by atoms with Gasteiger partial charge >= 0.3 is 0 Å². The Hall–Kier alpha value is -0.480. The van der Waals surface area contributed by atoms with E-state index in [1.807, 2.05) is 6.07 Å². The molecule has 2 rings (SSSR count). The van der Waals surface area contributed by atoms with Gasteiger partial charge in [0.2, 0.25) is 0 Å². The van der Waals surface area contributed by atoms with Crippen LogP contribution < -0.4 is 4.74 Å². The lowest BCUT2D eigenvalue weighted by Gasteiger charge is -2.09. The summed E-state index contributed by atoms with van der Waals surface area (Å²) in [5.41, 5.74) is 0.908. The van der Waals surface area contributed by atoms with Crippen molar-refractivity contribution in [3.8, 4) is 5.75 Å². The number of ether oxygens (including phenoxy) is 1. The van der Waals surface area contributed by atoms with Crippen molar-refractivity contribution in [1.29, 1.82) is 0 Å². The normalized spacial score (nSPS) is 10.4. The summed E-state index contributed by atoms with van der Waals surface area (Å²) < 4.78 is 6.32. The maximum absolute atomic E-state index is 6.05. The van der Waals surface area contributed by atoms with Gasteiger partial charge in [-0.15, -0.1) is 0 Å². The molecular weight excluding hydrogens is 360 g/mol. The number of aromatic nitrogens is 1. The molecule has 2 nitrogen and oxygen atoms in total. The minimum atomic E-state index is 0.347. The third-order valence-electron chi connectivity index (χ3n) is 2.16. The minimum Gasteiger partial charge on any atom is -0.487 e. The number of hydrogen-bond donors (Lipinski definition) is 0. The monoisotopic (exact) mass is 365 g/mol. The molecule has 2 aromatic rings. The van der Waals surface area contributed by atoms with Crippen LogP contribution in [0.3, 0.4) is 0 Å². The molecule has 0 bridgehead atoms. The van der Waals surface area contributed by atoms with Gasteiger partial charge in [0.15, 0.2) is 0 Å². The standard InChI is InChI=1S/C12H7BrCl3NO/c13-8-4-10(15)11(5-9(8)14)18-6-7-1-2-17-12(16)3-7/h1-5H,6H2. The molecule has 6 heteroatoms. The quantitative estimate of drug-likeness (QED) is 0.536. The van der Waals surface area contributed by atoms with Crippen LogP contribution in [0.4, 0.5) is 0 Å². The van der Waals surface area contributed by atoms with Crippen LogP contribution in [0.25, 0.3) is 0 Å². The average molecular weight is 367 g/mol. The number of nitrogens with zero attached hydrogens (tertiary/aromatic N) is 1. The smallest absolute Gasteiger partial charge is 0.139 e. The van der Waals surface area contributed by atoms with Gasteiger partial charge in [-0.1, -0.05) is 34.8 Å². The molecule has 0 spiro atoms. The molecule has 1 aromatic heterocycles. The highest BCUT2D eigenvalue weighted by Gasteiger charge is 2.07. The van der Waals surface area contributed by atoms with Gasteiger partial charge in [-0.3, -0.25) is 0 Å². The molecule has 0 fully saturated rings. The maximum Gasteiger partial charge on any atom is 0.139 e. The first-order valence-electron chi connectivity index (χ1n) is 4.94. The molecule has 1 aromatic carbocycles. The van der Waals surface area contributed by atoms with Crippen LogP contribution in [0.1, 0.15) is 5.56 Å². The first kappa shape index (κ1) is 13.9. The fourth-order valence-electron chi connectivity index (χ4n) is 1.31. The number of halogens is 4. The van der Waals surface area contributed by atoms with Gasteiger partial charge in [0.1, 0.15) is 17.5 Å². The molecule has 0 saturated carbocycles. The van der Waals surface area contributed by atoms with Crippen molar-refractivity contribution < 1.29 is 4.74 Å². The lowest BCUT2D eigenvalue weighted by atomic mass is 10.3. The van der Waals surface area contributed by atoms with Gasteiger partial charge in [-0.25, -0.2) is 4.98 Å². The van der Waals surface area contributed by atoms with E-state index in [1.165, 1.54) is 0 Å². The summed E-state index contributed by atoms with van der Waals surface area (Å²) in [6.45, 7) is 0.347. The molecule has 94 valence electrons. The lowest BCUT2D eigenvalue weighted by Crippen LogP contribution is -1.96. The SMILES string of the molecule is Clc1cc(COc2cc(Cl)c(Br)cc2Cl)ccn1. The van der Waals surface area contributed by atoms with Gasteiger partial charge in [0, 0.05) is 16.7 Å². The Balaban J connectivity index is 2.13. The van der Waals surface area contributed by atoms with Crippen molar-refractivity contribution in [3.63, 3.8) is 0 Å². The Kier molecular flexibility index (Phi) is 4.73. The topological polar surface area (TPSA) is 22.1 Å². The van der Waals surface area contributed by atoms with E-state index in [0.717, 1.165) is 10.0 Å². The zero-order valence-electron chi connectivity index (χ0n) is 8.96. The van der Waals surface area contributed by atoms with Crippen LogP contribution >= 0.6 is 50.7 Å². The Morgan fingerprint density at radius 1 is 1.11 bits per heavy atom. The van der Waals surface area contributed by atoms with Gasteiger partial charge < -0.3 is 4.74 Å². The number of pyridine rings is 1. The van der Waals surface area contributed by atoms with E-state index in [4.69, 9.17) is 39.5 Å². The van der Waals surface area contributed by atoms with E-state index in [1.54, 1.807) is 24.4 Å². The molecule has 0 saturated heterocycles. The highest BCUT2D eigenvalue weighted by Crippen LogP contribution is 2.34. The first-order valence-corrected chi connectivity index (χ1v) is 6.87. The van der Waals surface area contributed by atoms with E-state index in [-0.39, 0.29) is 0 Å². The Bertz CT molecular complexity index is 577. The molecule has 1 heterocycles. The third kappa shape index (κ3) is 3.51. The Morgan fingerprint density at radius 3 is 2.61 bits per heavy atom. The van der Waals surface area contributed by atoms with Crippen LogP contribution in [-0.4, -0.2) is 4.98 Å². The molecule has 0 aliphatic rings. The predicted octanol–water partition coefficient (Wildman–Crippen LogP) is 5.38. The molecule has 0 N–H and O–H groups in total. The van der Waals surface area contributed by atoms with Crippen LogP contribution in [0, 0.1) is 0 Å². The highest BCUT2D eigenvalue weighted by molar-refractivity contribution is 9.10. The van der Waals surface area contributed by atoms with Gasteiger partial charge in [-0.05, 0) is 39.7 Å². The van der Waals surface area contributed by atoms with Crippen LogP contribution in [0.5, 0.6) is 5.75 Å². The van der Waals surface area contributed by atoms with E-state index < -0.39 is 0 Å². The van der Waals surface area contributed by atoms with E-state index in [2.05, 4.69) is 20.9 Å². The second-order valence-corrected chi connectivity index (χ2v) is 5.53. The zero-order valence-corrected chi connectivity index (χ0v) is 12.8. The van der Waals surface area contributed by atoms with E-state index >= 15 is 0 Å². The number of benzene rings is 1. The zero-order chi connectivity index (χ0) is 13.1. The molecule has 0 amide bonds. The molecule has 0 radical (unpaired) electrons. The second-order valence-electron chi connectivity index (χ2n) is 3.47. The number of hydrogen-bond acceptors (Lipinski definition) is 2. The molecular formula is C12H7BrCl3NO. The molecule has 0 aliphatic heterocycles. The summed E-state index contributed by atoms with van der Waals surface area (Å²) >= 11 is 21.1. The summed E-state index contributed by atoms with van der Waals surface area (Å²) in [6.07, 6.45) is 1.62. The highest BCUT2D eigenvalue weighted by atomic mass is 79.9. The lowest BCUT2D eigenvalue weighted by molar-refractivity contribution is 0.306. The van der Waals surface area contributed by atoms with Crippen molar-refractivity contribution in [2.45, 2.75) is 6.61 Å². The fraction of sp³-hybridized carbons (Fsp3) is 0.0833. The largest absolute Gasteiger partial charge is 0.487 e. The summed E-state index contributed by atoms with van der Waals surface area (Å²) in [5, 5.41) is 1.46. The van der Waals surface area contributed by atoms with Crippen molar-refractivity contribution in [1.82, 2.24) is 4.98 Å². The van der Waals surface area contributed by atoms with Crippen molar-refractivity contribution in [3.05, 3.63) is 55.7 Å². The van der Waals surface area contributed by atoms with Gasteiger partial charge in [0.25, 0.3) is 0 Å². The molecule has 0 aliphatic carbocycles. The van der Waals surface area contributed by atoms with E-state index in [0.29, 0.717) is 27.6 Å². The van der Waals surface area contributed by atoms with Gasteiger partial charge in [-0.2, -0.15) is 0 Å². The Labute approximate surface area is 128 Å². The predicted molar refractivity (Wildman–Crippen MR) is 77.7 cm³/mol. The fourth-order valence-corrected chi connectivity index (χ4v) is 2.35. The number of rotatable bonds is 3. The molecule has 18 heavy (non-hydrogen) atoms. The second kappa shape index (κ2) is 6.11. The molecule has 0 atom stereocenters. The van der Waals surface area contributed by atoms with E-state index in [9.17, 15) is 0 Å². The van der Waals surface area contributed by atoms with Crippen molar-refractivity contribution >= 4 is 50.7 Å². The van der Waals surface area contributed by atoms with Crippen LogP contribution in [-0.2, 0) is 6.61 Å². The molecule has 0 unspecified atom stereocenters. The maximum atomic E-state index is 6.05. The average Bonchev–Trinajstić information content (AvgIpc) is 2.32. The van der Waals surface area contributed by atoms with Crippen molar-refractivity contribution in [2.24, 2.45) is 0 Å². The van der Waals surface area contributed by atoms with Gasteiger partial charge in [0.05, 0.1) is 10.0 Å².